The van der Waals surface area contributed by atoms with Gasteiger partial charge in [0.05, 0.1) is 6.61 Å². The highest BCUT2D eigenvalue weighted by Crippen LogP contribution is 2.22. The van der Waals surface area contributed by atoms with Gasteiger partial charge in [0.25, 0.3) is 0 Å². The van der Waals surface area contributed by atoms with Gasteiger partial charge in [0.15, 0.2) is 0 Å². The predicted octanol–water partition coefficient (Wildman–Crippen LogP) is 3.70. The van der Waals surface area contributed by atoms with Crippen LogP contribution in [0.3, 0.4) is 0 Å². The van der Waals surface area contributed by atoms with E-state index in [9.17, 15) is 0 Å². The first-order valence-corrected chi connectivity index (χ1v) is 7.90. The predicted molar refractivity (Wildman–Crippen MR) is 88.0 cm³/mol. The van der Waals surface area contributed by atoms with Gasteiger partial charge >= 0.3 is 0 Å². The monoisotopic (exact) mass is 288 g/mol. The molecule has 116 valence electrons. The molecule has 1 aromatic carbocycles. The number of nitrogens with one attached hydrogen (secondary N) is 1. The smallest absolute Gasteiger partial charge is 0.0632 e. The van der Waals surface area contributed by atoms with Crippen LogP contribution in [0.25, 0.3) is 0 Å². The van der Waals surface area contributed by atoms with Crippen molar-refractivity contribution in [3.8, 4) is 0 Å². The third-order valence-electron chi connectivity index (χ3n) is 4.02. The van der Waals surface area contributed by atoms with E-state index in [1.165, 1.54) is 24.0 Å². The molecule has 3 nitrogen and oxygen atoms in total. The number of hydrazine groups is 1. The van der Waals surface area contributed by atoms with Gasteiger partial charge in [0, 0.05) is 25.7 Å². The molecule has 1 aliphatic rings. The molecule has 0 saturated carbocycles. The van der Waals surface area contributed by atoms with Crippen molar-refractivity contribution in [2.75, 3.05) is 20.3 Å². The van der Waals surface area contributed by atoms with Gasteiger partial charge in [-0.3, -0.25) is 0 Å². The molecule has 0 aliphatic carbocycles. The fourth-order valence-electron chi connectivity index (χ4n) is 2.87. The number of allylic oxidation sites excluding steroid dienone is 1. The minimum atomic E-state index is 0.332. The van der Waals surface area contributed by atoms with Gasteiger partial charge in [-0.15, -0.1) is 0 Å². The molecule has 1 aromatic rings. The number of methoxy groups -OCH3 is 1. The molecule has 2 rings (SSSR count). The summed E-state index contributed by atoms with van der Waals surface area (Å²) in [6.45, 7) is 6.22. The Morgan fingerprint density at radius 2 is 2.14 bits per heavy atom. The third-order valence-corrected chi connectivity index (χ3v) is 4.02. The number of hydrogen-bond donors (Lipinski definition) is 1. The Morgan fingerprint density at radius 1 is 1.38 bits per heavy atom. The van der Waals surface area contributed by atoms with Crippen LogP contribution in [0.15, 0.2) is 42.0 Å². The van der Waals surface area contributed by atoms with Crippen LogP contribution < -0.4 is 5.43 Å². The Balaban J connectivity index is 2.06. The van der Waals surface area contributed by atoms with Crippen LogP contribution >= 0.6 is 0 Å². The van der Waals surface area contributed by atoms with E-state index in [4.69, 9.17) is 4.74 Å². The number of benzene rings is 1. The first-order valence-electron chi connectivity index (χ1n) is 7.90. The quantitative estimate of drug-likeness (QED) is 0.774. The Kier molecular flexibility index (Phi) is 6.43. The Morgan fingerprint density at radius 3 is 2.81 bits per heavy atom. The van der Waals surface area contributed by atoms with Gasteiger partial charge < -0.3 is 4.74 Å². The summed E-state index contributed by atoms with van der Waals surface area (Å²) in [7, 11) is 1.79. The lowest BCUT2D eigenvalue weighted by Gasteiger charge is -2.30. The highest BCUT2D eigenvalue weighted by atomic mass is 16.5. The fraction of sp³-hybridized carbons (Fsp3) is 0.556. The maximum Gasteiger partial charge on any atom is 0.0632 e. The maximum absolute atomic E-state index is 5.35. The first kappa shape index (κ1) is 16.2. The minimum Gasteiger partial charge on any atom is -0.383 e. The molecule has 2 atom stereocenters. The average molecular weight is 288 g/mol. The lowest BCUT2D eigenvalue weighted by Crippen LogP contribution is -2.45. The van der Waals surface area contributed by atoms with Crippen molar-refractivity contribution in [1.29, 1.82) is 0 Å². The molecule has 1 aliphatic heterocycles. The normalized spacial score (nSPS) is 20.4. The zero-order valence-electron chi connectivity index (χ0n) is 13.5. The average Bonchev–Trinajstić information content (AvgIpc) is 2.92. The van der Waals surface area contributed by atoms with Crippen LogP contribution in [0, 0.1) is 0 Å². The van der Waals surface area contributed by atoms with Crippen LogP contribution in [0.1, 0.15) is 44.7 Å². The van der Waals surface area contributed by atoms with Crippen molar-refractivity contribution in [3.05, 3.63) is 47.5 Å². The second-order valence-electron chi connectivity index (χ2n) is 6.05. The molecule has 1 heterocycles. The van der Waals surface area contributed by atoms with E-state index in [0.717, 1.165) is 19.6 Å². The number of nitrogens with zero attached hydrogens (tertiary/aromatic N) is 1. The second kappa shape index (κ2) is 8.32. The molecule has 1 fully saturated rings. The largest absolute Gasteiger partial charge is 0.383 e. The Bertz CT molecular complexity index is 440. The molecule has 0 aromatic heterocycles. The van der Waals surface area contributed by atoms with E-state index in [1.807, 2.05) is 0 Å². The SMILES string of the molecule is COC[C@@H]1CCCN1NC(CC=C(C)C)c1ccccc1. The van der Waals surface area contributed by atoms with Gasteiger partial charge in [0.1, 0.15) is 0 Å². The van der Waals surface area contributed by atoms with Crippen LogP contribution in [0.5, 0.6) is 0 Å². The fourth-order valence-corrected chi connectivity index (χ4v) is 2.87. The summed E-state index contributed by atoms with van der Waals surface area (Å²) in [5.74, 6) is 0. The highest BCUT2D eigenvalue weighted by molar-refractivity contribution is 5.20. The molecular weight excluding hydrogens is 260 g/mol. The van der Waals surface area contributed by atoms with E-state index in [-0.39, 0.29) is 0 Å². The zero-order valence-corrected chi connectivity index (χ0v) is 13.5. The van der Waals surface area contributed by atoms with Gasteiger partial charge in [0.2, 0.25) is 0 Å². The standard InChI is InChI=1S/C18H28N2O/c1-15(2)11-12-18(16-8-5-4-6-9-16)19-20-13-7-10-17(20)14-21-3/h4-6,8-9,11,17-19H,7,10,12-14H2,1-3H3/t17-,18?/m0/s1. The number of rotatable bonds is 7. The third kappa shape index (κ3) is 4.95. The molecule has 1 unspecified atom stereocenters. The van der Waals surface area contributed by atoms with Crippen LogP contribution in [0.4, 0.5) is 0 Å². The molecule has 0 bridgehead atoms. The van der Waals surface area contributed by atoms with Gasteiger partial charge in [-0.2, -0.15) is 0 Å². The van der Waals surface area contributed by atoms with Crippen LogP contribution in [0.2, 0.25) is 0 Å². The van der Waals surface area contributed by atoms with E-state index >= 15 is 0 Å². The lowest BCUT2D eigenvalue weighted by atomic mass is 10.0. The van der Waals surface area contributed by atoms with Crippen LogP contribution in [-0.4, -0.2) is 31.3 Å². The summed E-state index contributed by atoms with van der Waals surface area (Å²) in [6, 6.07) is 11.5. The van der Waals surface area contributed by atoms with Gasteiger partial charge in [-0.05, 0) is 38.7 Å². The Labute approximate surface area is 129 Å². The van der Waals surface area contributed by atoms with Crippen LogP contribution in [-0.2, 0) is 4.74 Å². The minimum absolute atomic E-state index is 0.332. The van der Waals surface area contributed by atoms with Crippen molar-refractivity contribution in [2.24, 2.45) is 0 Å². The molecule has 3 heteroatoms. The van der Waals surface area contributed by atoms with Crippen molar-refractivity contribution < 1.29 is 4.74 Å². The molecular formula is C18H28N2O. The topological polar surface area (TPSA) is 24.5 Å². The van der Waals surface area contributed by atoms with Crippen molar-refractivity contribution in [1.82, 2.24) is 10.4 Å². The first-order chi connectivity index (χ1) is 10.2. The number of ether oxygens (including phenoxy) is 1. The van der Waals surface area contributed by atoms with E-state index in [2.05, 4.69) is 60.7 Å². The molecule has 0 radical (unpaired) electrons. The summed E-state index contributed by atoms with van der Waals surface area (Å²) in [5, 5.41) is 2.38. The summed E-state index contributed by atoms with van der Waals surface area (Å²) in [4.78, 5) is 0. The second-order valence-corrected chi connectivity index (χ2v) is 6.05. The zero-order chi connectivity index (χ0) is 15.1. The van der Waals surface area contributed by atoms with Gasteiger partial charge in [-0.1, -0.05) is 42.0 Å². The molecule has 1 saturated heterocycles. The molecule has 0 amide bonds. The maximum atomic E-state index is 5.35. The van der Waals surface area contributed by atoms with Gasteiger partial charge in [-0.25, -0.2) is 10.4 Å². The van der Waals surface area contributed by atoms with Crippen molar-refractivity contribution in [3.63, 3.8) is 0 Å². The van der Waals surface area contributed by atoms with E-state index < -0.39 is 0 Å². The molecule has 0 spiro atoms. The van der Waals surface area contributed by atoms with Crippen molar-refractivity contribution >= 4 is 0 Å². The Hall–Kier alpha value is -1.16. The van der Waals surface area contributed by atoms with Crippen molar-refractivity contribution in [2.45, 2.75) is 45.2 Å². The van der Waals surface area contributed by atoms with E-state index in [0.29, 0.717) is 12.1 Å². The summed E-state index contributed by atoms with van der Waals surface area (Å²) in [6.07, 6.45) is 5.78. The number of hydrogen-bond acceptors (Lipinski definition) is 3. The molecule has 21 heavy (non-hydrogen) atoms. The lowest BCUT2D eigenvalue weighted by molar-refractivity contribution is 0.0709. The summed E-state index contributed by atoms with van der Waals surface area (Å²) >= 11 is 0. The molecule has 1 N–H and O–H groups in total. The summed E-state index contributed by atoms with van der Waals surface area (Å²) < 4.78 is 5.35. The van der Waals surface area contributed by atoms with E-state index in [1.54, 1.807) is 7.11 Å². The summed E-state index contributed by atoms with van der Waals surface area (Å²) in [5.41, 5.74) is 6.44. The highest BCUT2D eigenvalue weighted by Gasteiger charge is 2.26.